The van der Waals surface area contributed by atoms with Crippen molar-refractivity contribution in [1.29, 1.82) is 0 Å². The molecule has 2 rings (SSSR count). The number of aryl methyl sites for hydroxylation is 1. The number of primary amides is 1. The summed E-state index contributed by atoms with van der Waals surface area (Å²) in [4.78, 5) is 11.1. The molecule has 2 aromatic carbocycles. The van der Waals surface area contributed by atoms with Gasteiger partial charge in [-0.05, 0) is 30.2 Å². The van der Waals surface area contributed by atoms with Gasteiger partial charge in [0.05, 0.1) is 5.56 Å². The molecule has 7 heteroatoms. The Morgan fingerprint density at radius 1 is 1.08 bits per heavy atom. The van der Waals surface area contributed by atoms with E-state index >= 15 is 0 Å². The van der Waals surface area contributed by atoms with Crippen molar-refractivity contribution in [2.24, 2.45) is 5.73 Å². The van der Waals surface area contributed by atoms with Gasteiger partial charge in [0.25, 0.3) is 5.91 Å². The predicted octanol–water partition coefficient (Wildman–Crippen LogP) is 3.34. The average Bonchev–Trinajstić information content (AvgIpc) is 2.48. The zero-order valence-electron chi connectivity index (χ0n) is 12.8. The van der Waals surface area contributed by atoms with Crippen molar-refractivity contribution in [3.05, 3.63) is 70.8 Å². The van der Waals surface area contributed by atoms with Crippen molar-refractivity contribution in [3.63, 3.8) is 0 Å². The van der Waals surface area contributed by atoms with Gasteiger partial charge in [-0.15, -0.1) is 0 Å². The average molecular weight is 355 g/mol. The summed E-state index contributed by atoms with van der Waals surface area (Å²) in [5.74, 6) is -1.09. The molecule has 0 saturated carbocycles. The standard InChI is InChI=1S/C17H16F3NO2S/c1-11-2-4-12(5-3-11)16(24(23)10-15(21)22)13-6-8-14(9-7-13)17(18,19)20/h2-9,16H,10H2,1H3,(H2,21,22). The van der Waals surface area contributed by atoms with E-state index in [0.29, 0.717) is 11.1 Å². The molecule has 0 radical (unpaired) electrons. The third-order valence-corrected chi connectivity index (χ3v) is 5.11. The van der Waals surface area contributed by atoms with Gasteiger partial charge in [0.2, 0.25) is 0 Å². The van der Waals surface area contributed by atoms with E-state index in [-0.39, 0.29) is 5.75 Å². The molecular formula is C17H16F3NO2S. The van der Waals surface area contributed by atoms with Crippen LogP contribution in [0.3, 0.4) is 0 Å². The highest BCUT2D eigenvalue weighted by molar-refractivity contribution is 7.92. The van der Waals surface area contributed by atoms with Crippen LogP contribution in [0.15, 0.2) is 48.5 Å². The highest BCUT2D eigenvalue weighted by Gasteiger charge is 2.32. The van der Waals surface area contributed by atoms with Crippen LogP contribution < -0.4 is 5.73 Å². The minimum atomic E-state index is -4.44. The first-order valence-corrected chi connectivity index (χ1v) is 8.46. The van der Waals surface area contributed by atoms with Crippen molar-refractivity contribution in [2.75, 3.05) is 5.75 Å². The Morgan fingerprint density at radius 2 is 1.54 bits per heavy atom. The highest BCUT2D eigenvalue weighted by Crippen LogP contribution is 2.34. The zero-order valence-corrected chi connectivity index (χ0v) is 13.7. The Morgan fingerprint density at radius 3 is 1.96 bits per heavy atom. The van der Waals surface area contributed by atoms with Crippen molar-refractivity contribution in [1.82, 2.24) is 0 Å². The first kappa shape index (κ1) is 18.4. The molecule has 0 aromatic heterocycles. The number of hydrogen-bond acceptors (Lipinski definition) is 2. The van der Waals surface area contributed by atoms with Crippen LogP contribution in [0.4, 0.5) is 13.2 Å². The van der Waals surface area contributed by atoms with Crippen molar-refractivity contribution < 1.29 is 22.5 Å². The minimum absolute atomic E-state index is 0.362. The maximum absolute atomic E-state index is 12.7. The number of amides is 1. The molecule has 0 aliphatic rings. The maximum Gasteiger partial charge on any atom is 0.416 e. The largest absolute Gasteiger partial charge is 0.615 e. The van der Waals surface area contributed by atoms with E-state index in [0.717, 1.165) is 17.7 Å². The van der Waals surface area contributed by atoms with E-state index in [1.54, 1.807) is 12.1 Å². The van der Waals surface area contributed by atoms with E-state index < -0.39 is 34.1 Å². The van der Waals surface area contributed by atoms with E-state index in [2.05, 4.69) is 0 Å². The fraction of sp³-hybridized carbons (Fsp3) is 0.235. The molecule has 0 bridgehead atoms. The monoisotopic (exact) mass is 355 g/mol. The first-order chi connectivity index (χ1) is 11.2. The van der Waals surface area contributed by atoms with E-state index in [9.17, 15) is 22.5 Å². The van der Waals surface area contributed by atoms with Crippen LogP contribution in [0, 0.1) is 6.92 Å². The van der Waals surface area contributed by atoms with Crippen LogP contribution in [0.2, 0.25) is 0 Å². The normalized spacial score (nSPS) is 14.2. The van der Waals surface area contributed by atoms with Gasteiger partial charge in [0.15, 0.2) is 11.0 Å². The van der Waals surface area contributed by atoms with Gasteiger partial charge in [-0.3, -0.25) is 4.79 Å². The molecule has 2 unspecified atom stereocenters. The van der Waals surface area contributed by atoms with Gasteiger partial charge in [-0.2, -0.15) is 13.2 Å². The summed E-state index contributed by atoms with van der Waals surface area (Å²) < 4.78 is 50.6. The van der Waals surface area contributed by atoms with Gasteiger partial charge >= 0.3 is 6.18 Å². The summed E-state index contributed by atoms with van der Waals surface area (Å²) in [5.41, 5.74) is 6.41. The third-order valence-electron chi connectivity index (χ3n) is 3.47. The van der Waals surface area contributed by atoms with Crippen molar-refractivity contribution >= 4 is 17.1 Å². The Balaban J connectivity index is 2.41. The van der Waals surface area contributed by atoms with Crippen LogP contribution in [0.1, 0.15) is 27.5 Å². The Kier molecular flexibility index (Phi) is 5.56. The van der Waals surface area contributed by atoms with Crippen LogP contribution in [0.5, 0.6) is 0 Å². The number of carbonyl (C=O) groups excluding carboxylic acids is 1. The number of rotatable bonds is 5. The number of hydrogen-bond donors (Lipinski definition) is 1. The fourth-order valence-electron chi connectivity index (χ4n) is 2.31. The molecule has 0 fully saturated rings. The minimum Gasteiger partial charge on any atom is -0.615 e. The smallest absolute Gasteiger partial charge is 0.416 e. The van der Waals surface area contributed by atoms with Crippen LogP contribution in [0.25, 0.3) is 0 Å². The molecule has 0 aliphatic heterocycles. The fourth-order valence-corrected chi connectivity index (χ4v) is 3.68. The molecule has 128 valence electrons. The van der Waals surface area contributed by atoms with E-state index in [1.807, 2.05) is 19.1 Å². The van der Waals surface area contributed by atoms with E-state index in [1.165, 1.54) is 12.1 Å². The molecule has 2 N–H and O–H groups in total. The highest BCUT2D eigenvalue weighted by atomic mass is 32.2. The van der Waals surface area contributed by atoms with Gasteiger partial charge < -0.3 is 10.3 Å². The molecule has 0 aliphatic carbocycles. The second-order valence-corrected chi connectivity index (χ2v) is 6.92. The zero-order chi connectivity index (χ0) is 17.9. The number of halogens is 3. The Labute approximate surface area is 140 Å². The predicted molar refractivity (Wildman–Crippen MR) is 86.7 cm³/mol. The van der Waals surface area contributed by atoms with Gasteiger partial charge in [0, 0.05) is 11.1 Å². The molecule has 3 nitrogen and oxygen atoms in total. The lowest BCUT2D eigenvalue weighted by molar-refractivity contribution is -0.137. The second-order valence-electron chi connectivity index (χ2n) is 5.40. The summed E-state index contributed by atoms with van der Waals surface area (Å²) in [7, 11) is 0. The van der Waals surface area contributed by atoms with E-state index in [4.69, 9.17) is 5.73 Å². The molecule has 0 heterocycles. The summed E-state index contributed by atoms with van der Waals surface area (Å²) in [6.07, 6.45) is -4.44. The summed E-state index contributed by atoms with van der Waals surface area (Å²) >= 11 is -1.68. The van der Waals surface area contributed by atoms with Crippen molar-refractivity contribution in [2.45, 2.75) is 18.3 Å². The Bertz CT molecular complexity index is 699. The number of benzene rings is 2. The molecule has 2 aromatic rings. The first-order valence-electron chi connectivity index (χ1n) is 7.07. The van der Waals surface area contributed by atoms with Crippen LogP contribution in [-0.2, 0) is 22.1 Å². The number of nitrogens with two attached hydrogens (primary N) is 1. The summed E-state index contributed by atoms with van der Waals surface area (Å²) in [6.45, 7) is 1.89. The second kappa shape index (κ2) is 7.27. The number of alkyl halides is 3. The topological polar surface area (TPSA) is 66.2 Å². The Hall–Kier alpha value is -1.99. The third kappa shape index (κ3) is 4.52. The lowest BCUT2D eigenvalue weighted by Crippen LogP contribution is -2.27. The van der Waals surface area contributed by atoms with Gasteiger partial charge in [0.1, 0.15) is 0 Å². The van der Waals surface area contributed by atoms with Crippen LogP contribution >= 0.6 is 0 Å². The maximum atomic E-state index is 12.7. The lowest BCUT2D eigenvalue weighted by atomic mass is 10.0. The summed E-state index contributed by atoms with van der Waals surface area (Å²) in [6, 6.07) is 11.6. The molecule has 0 spiro atoms. The SMILES string of the molecule is Cc1ccc(C(c2ccc(C(F)(F)F)cc2)[S+]([O-])CC(N)=O)cc1. The molecular weight excluding hydrogens is 339 g/mol. The quantitative estimate of drug-likeness (QED) is 0.836. The molecule has 24 heavy (non-hydrogen) atoms. The number of carbonyl (C=O) groups is 1. The van der Waals surface area contributed by atoms with Crippen molar-refractivity contribution in [3.8, 4) is 0 Å². The lowest BCUT2D eigenvalue weighted by Gasteiger charge is -2.22. The van der Waals surface area contributed by atoms with Gasteiger partial charge in [-0.1, -0.05) is 42.0 Å². The summed E-state index contributed by atoms with van der Waals surface area (Å²) in [5, 5.41) is -0.722. The van der Waals surface area contributed by atoms with Crippen LogP contribution in [-0.4, -0.2) is 16.2 Å². The van der Waals surface area contributed by atoms with Gasteiger partial charge in [-0.25, -0.2) is 0 Å². The molecule has 0 saturated heterocycles. The molecule has 1 amide bonds. The molecule has 2 atom stereocenters.